The summed E-state index contributed by atoms with van der Waals surface area (Å²) in [5.74, 6) is 0.733. The van der Waals surface area contributed by atoms with Crippen LogP contribution in [-0.4, -0.2) is 31.2 Å². The Morgan fingerprint density at radius 3 is 2.47 bits per heavy atom. The van der Waals surface area contributed by atoms with Gasteiger partial charge in [-0.3, -0.25) is 19.5 Å². The molecule has 0 N–H and O–H groups in total. The number of Topliss-reactive ketones (excluding diaryl/α,β-unsaturated/α-hetero) is 1. The third kappa shape index (κ3) is 4.17. The van der Waals surface area contributed by atoms with Crippen molar-refractivity contribution in [2.24, 2.45) is 0 Å². The Balaban J connectivity index is 1.60. The van der Waals surface area contributed by atoms with E-state index in [1.807, 2.05) is 53.3 Å². The molecule has 4 rings (SSSR count). The Morgan fingerprint density at radius 1 is 1.10 bits per heavy atom. The molecule has 0 fully saturated rings. The molecule has 150 valence electrons. The minimum atomic E-state index is -0.487. The number of hydrogen-bond donors (Lipinski definition) is 0. The molecule has 0 saturated carbocycles. The van der Waals surface area contributed by atoms with Gasteiger partial charge in [-0.15, -0.1) is 21.5 Å². The maximum Gasteiger partial charge on any atom is 0.269 e. The van der Waals surface area contributed by atoms with Crippen LogP contribution in [0, 0.1) is 17.0 Å². The van der Waals surface area contributed by atoms with E-state index in [-0.39, 0.29) is 17.2 Å². The van der Waals surface area contributed by atoms with E-state index in [4.69, 9.17) is 0 Å². The summed E-state index contributed by atoms with van der Waals surface area (Å²) in [5.41, 5.74) is 2.44. The van der Waals surface area contributed by atoms with E-state index < -0.39 is 4.92 Å². The van der Waals surface area contributed by atoms with Gasteiger partial charge in [-0.1, -0.05) is 35.5 Å². The van der Waals surface area contributed by atoms with Crippen LogP contribution < -0.4 is 0 Å². The zero-order chi connectivity index (χ0) is 21.1. The summed E-state index contributed by atoms with van der Waals surface area (Å²) in [6, 6.07) is 17.6. The van der Waals surface area contributed by atoms with E-state index >= 15 is 0 Å². The molecule has 4 aromatic rings. The number of thioether (sulfide) groups is 1. The van der Waals surface area contributed by atoms with Crippen LogP contribution in [0.4, 0.5) is 5.69 Å². The molecule has 9 heteroatoms. The van der Waals surface area contributed by atoms with Gasteiger partial charge >= 0.3 is 0 Å². The normalized spacial score (nSPS) is 10.8. The standard InChI is InChI=1S/C21H16N4O3S2/c1-14-4-8-16(9-5-14)24-20(19-3-2-12-29-19)22-23-21(24)30-13-18(26)15-6-10-17(11-7-15)25(27)28/h2-12H,13H2,1H3. The Morgan fingerprint density at radius 2 is 1.83 bits per heavy atom. The number of aryl methyl sites for hydroxylation is 1. The first-order valence-electron chi connectivity index (χ1n) is 9.00. The van der Waals surface area contributed by atoms with Gasteiger partial charge in [0.2, 0.25) is 0 Å². The Hall–Kier alpha value is -3.30. The van der Waals surface area contributed by atoms with Gasteiger partial charge in [0.1, 0.15) is 0 Å². The van der Waals surface area contributed by atoms with Crippen molar-refractivity contribution in [3.8, 4) is 16.4 Å². The number of nitrogens with zero attached hydrogens (tertiary/aromatic N) is 4. The van der Waals surface area contributed by atoms with E-state index in [0.29, 0.717) is 10.7 Å². The van der Waals surface area contributed by atoms with Crippen molar-refractivity contribution in [3.63, 3.8) is 0 Å². The van der Waals surface area contributed by atoms with Crippen molar-refractivity contribution < 1.29 is 9.72 Å². The van der Waals surface area contributed by atoms with Crippen LogP contribution in [0.5, 0.6) is 0 Å². The minimum absolute atomic E-state index is 0.0427. The molecule has 0 aliphatic heterocycles. The number of carbonyl (C=O) groups is 1. The molecule has 2 aromatic heterocycles. The van der Waals surface area contributed by atoms with Crippen molar-refractivity contribution in [1.82, 2.24) is 14.8 Å². The summed E-state index contributed by atoms with van der Waals surface area (Å²) in [6.07, 6.45) is 0. The number of non-ortho nitro benzene ring substituents is 1. The summed E-state index contributed by atoms with van der Waals surface area (Å²) in [6.45, 7) is 2.02. The molecule has 7 nitrogen and oxygen atoms in total. The average molecular weight is 437 g/mol. The number of benzene rings is 2. The van der Waals surface area contributed by atoms with Gasteiger partial charge in [0, 0.05) is 23.4 Å². The number of rotatable bonds is 7. The highest BCUT2D eigenvalue weighted by molar-refractivity contribution is 7.99. The van der Waals surface area contributed by atoms with Gasteiger partial charge in [-0.2, -0.15) is 0 Å². The fourth-order valence-corrected chi connectivity index (χ4v) is 4.38. The van der Waals surface area contributed by atoms with Crippen LogP contribution in [0.25, 0.3) is 16.4 Å². The fourth-order valence-electron chi connectivity index (χ4n) is 2.84. The van der Waals surface area contributed by atoms with Gasteiger partial charge < -0.3 is 0 Å². The number of carbonyl (C=O) groups excluding carboxylic acids is 1. The largest absolute Gasteiger partial charge is 0.293 e. The van der Waals surface area contributed by atoms with Gasteiger partial charge in [-0.05, 0) is 42.6 Å². The van der Waals surface area contributed by atoms with Crippen LogP contribution in [0.3, 0.4) is 0 Å². The summed E-state index contributed by atoms with van der Waals surface area (Å²) in [7, 11) is 0. The zero-order valence-corrected chi connectivity index (χ0v) is 17.5. The SMILES string of the molecule is Cc1ccc(-n2c(SCC(=O)c3ccc([N+](=O)[O-])cc3)nnc2-c2cccs2)cc1. The first kappa shape index (κ1) is 20.0. The lowest BCUT2D eigenvalue weighted by molar-refractivity contribution is -0.384. The van der Waals surface area contributed by atoms with E-state index in [9.17, 15) is 14.9 Å². The molecule has 0 aliphatic rings. The molecular weight excluding hydrogens is 420 g/mol. The highest BCUT2D eigenvalue weighted by Crippen LogP contribution is 2.31. The van der Waals surface area contributed by atoms with E-state index in [0.717, 1.165) is 22.0 Å². The third-order valence-corrected chi connectivity index (χ3v) is 6.19. The molecule has 0 bridgehead atoms. The second-order valence-electron chi connectivity index (χ2n) is 6.47. The van der Waals surface area contributed by atoms with Gasteiger partial charge in [0.25, 0.3) is 5.69 Å². The second kappa shape index (κ2) is 8.60. The van der Waals surface area contributed by atoms with Gasteiger partial charge in [0.15, 0.2) is 16.8 Å². The van der Waals surface area contributed by atoms with Gasteiger partial charge in [-0.25, -0.2) is 0 Å². The number of nitro groups is 1. The van der Waals surface area contributed by atoms with Crippen LogP contribution in [0.15, 0.2) is 71.2 Å². The summed E-state index contributed by atoms with van der Waals surface area (Å²) in [5, 5.41) is 22.0. The molecule has 0 radical (unpaired) electrons. The quantitative estimate of drug-likeness (QED) is 0.171. The number of hydrogen-bond acceptors (Lipinski definition) is 7. The number of aromatic nitrogens is 3. The predicted molar refractivity (Wildman–Crippen MR) is 118 cm³/mol. The molecule has 2 aromatic carbocycles. The van der Waals surface area contributed by atoms with E-state index in [2.05, 4.69) is 10.2 Å². The molecule has 2 heterocycles. The van der Waals surface area contributed by atoms with Crippen LogP contribution in [-0.2, 0) is 0 Å². The molecule has 0 aliphatic carbocycles. The average Bonchev–Trinajstić information content (AvgIpc) is 3.42. The number of ketones is 1. The summed E-state index contributed by atoms with van der Waals surface area (Å²) >= 11 is 2.86. The van der Waals surface area contributed by atoms with E-state index in [1.54, 1.807) is 11.3 Å². The molecule has 0 atom stereocenters. The molecular formula is C21H16N4O3S2. The molecule has 0 amide bonds. The van der Waals surface area contributed by atoms with Crippen LogP contribution in [0.2, 0.25) is 0 Å². The van der Waals surface area contributed by atoms with Crippen molar-refractivity contribution in [1.29, 1.82) is 0 Å². The van der Waals surface area contributed by atoms with Crippen LogP contribution >= 0.6 is 23.1 Å². The van der Waals surface area contributed by atoms with Crippen LogP contribution in [0.1, 0.15) is 15.9 Å². The highest BCUT2D eigenvalue weighted by Gasteiger charge is 2.18. The predicted octanol–water partition coefficient (Wildman–Crippen LogP) is 5.19. The van der Waals surface area contributed by atoms with Crippen molar-refractivity contribution >= 4 is 34.6 Å². The zero-order valence-electron chi connectivity index (χ0n) is 15.9. The van der Waals surface area contributed by atoms with Crippen molar-refractivity contribution in [2.75, 3.05) is 5.75 Å². The first-order chi connectivity index (χ1) is 14.5. The van der Waals surface area contributed by atoms with Crippen molar-refractivity contribution in [3.05, 3.63) is 87.3 Å². The lowest BCUT2D eigenvalue weighted by Crippen LogP contribution is -2.05. The topological polar surface area (TPSA) is 90.9 Å². The van der Waals surface area contributed by atoms with Gasteiger partial charge in [0.05, 0.1) is 15.6 Å². The number of nitro benzene ring substituents is 1. The third-order valence-electron chi connectivity index (χ3n) is 4.40. The molecule has 0 saturated heterocycles. The number of thiophene rings is 1. The van der Waals surface area contributed by atoms with Crippen molar-refractivity contribution in [2.45, 2.75) is 12.1 Å². The Labute approximate surface area is 180 Å². The molecule has 0 spiro atoms. The summed E-state index contributed by atoms with van der Waals surface area (Å²) in [4.78, 5) is 23.9. The minimum Gasteiger partial charge on any atom is -0.293 e. The fraction of sp³-hybridized carbons (Fsp3) is 0.0952. The molecule has 0 unspecified atom stereocenters. The highest BCUT2D eigenvalue weighted by atomic mass is 32.2. The monoisotopic (exact) mass is 436 g/mol. The summed E-state index contributed by atoms with van der Waals surface area (Å²) < 4.78 is 1.94. The molecule has 30 heavy (non-hydrogen) atoms. The maximum atomic E-state index is 12.6. The second-order valence-corrected chi connectivity index (χ2v) is 8.36. The lowest BCUT2D eigenvalue weighted by Gasteiger charge is -2.10. The van der Waals surface area contributed by atoms with E-state index in [1.165, 1.54) is 36.0 Å². The first-order valence-corrected chi connectivity index (χ1v) is 10.9. The lowest BCUT2D eigenvalue weighted by atomic mass is 10.1. The maximum absolute atomic E-state index is 12.6. The Kier molecular flexibility index (Phi) is 5.73. The smallest absolute Gasteiger partial charge is 0.269 e. The Bertz CT molecular complexity index is 1180.